The molecule has 1 fully saturated rings. The highest BCUT2D eigenvalue weighted by Crippen LogP contribution is 2.27. The van der Waals surface area contributed by atoms with Crippen molar-refractivity contribution in [2.75, 3.05) is 44.2 Å². The largest absolute Gasteiger partial charge is 0.488 e. The lowest BCUT2D eigenvalue weighted by Gasteiger charge is -2.37. The fourth-order valence-corrected chi connectivity index (χ4v) is 5.37. The smallest absolute Gasteiger partial charge is 0.410 e. The first-order chi connectivity index (χ1) is 22.1. The molecule has 6 N–H and O–H groups in total. The second-order valence-corrected chi connectivity index (χ2v) is 12.4. The lowest BCUT2D eigenvalue weighted by atomic mass is 10.0. The summed E-state index contributed by atoms with van der Waals surface area (Å²) < 4.78 is 11.6. The molecule has 0 unspecified atom stereocenters. The zero-order chi connectivity index (χ0) is 32.7. The van der Waals surface area contributed by atoms with Gasteiger partial charge in [0.1, 0.15) is 23.8 Å². The quantitative estimate of drug-likeness (QED) is 0.310. The van der Waals surface area contributed by atoms with E-state index in [9.17, 15) is 4.79 Å². The topological polar surface area (TPSA) is 149 Å². The number of hydrogen-bond donors (Lipinski definition) is 3. The first kappa shape index (κ1) is 32.2. The third-order valence-corrected chi connectivity index (χ3v) is 7.80. The van der Waals surface area contributed by atoms with Gasteiger partial charge in [-0.3, -0.25) is 0 Å². The van der Waals surface area contributed by atoms with Crippen molar-refractivity contribution in [3.63, 3.8) is 0 Å². The van der Waals surface area contributed by atoms with Gasteiger partial charge >= 0.3 is 6.09 Å². The summed E-state index contributed by atoms with van der Waals surface area (Å²) in [6.07, 6.45) is 8.00. The summed E-state index contributed by atoms with van der Waals surface area (Å²) in [5.41, 5.74) is 23.5. The van der Waals surface area contributed by atoms with Crippen LogP contribution >= 0.6 is 0 Å². The number of anilines is 1. The van der Waals surface area contributed by atoms with Crippen molar-refractivity contribution in [1.29, 1.82) is 0 Å². The maximum absolute atomic E-state index is 12.4. The molecular weight excluding hydrogens is 580 g/mol. The average molecular weight is 625 g/mol. The molecule has 0 spiro atoms. The molecule has 11 heteroatoms. The molecule has 2 aromatic carbocycles. The Morgan fingerprint density at radius 3 is 2.20 bits per heavy atom. The Bertz CT molecular complexity index is 1580. The van der Waals surface area contributed by atoms with Crippen LogP contribution in [-0.4, -0.2) is 70.7 Å². The molecular formula is C35H44N8O3. The van der Waals surface area contributed by atoms with Gasteiger partial charge in [-0.1, -0.05) is 48.5 Å². The summed E-state index contributed by atoms with van der Waals surface area (Å²) in [7, 11) is 0. The lowest BCUT2D eigenvalue weighted by molar-refractivity contribution is 0.0270. The van der Waals surface area contributed by atoms with Gasteiger partial charge in [-0.05, 0) is 56.5 Å². The monoisotopic (exact) mass is 624 g/mol. The number of nitrogens with zero attached hydrogens (tertiary/aromatic N) is 5. The van der Waals surface area contributed by atoms with Crippen molar-refractivity contribution < 1.29 is 14.3 Å². The van der Waals surface area contributed by atoms with Crippen LogP contribution in [0.25, 0.3) is 11.3 Å². The number of carbonyl (C=O) groups excluding carboxylic acids is 1. The van der Waals surface area contributed by atoms with Gasteiger partial charge in [-0.2, -0.15) is 0 Å². The molecule has 0 saturated carbocycles. The van der Waals surface area contributed by atoms with Crippen molar-refractivity contribution in [3.8, 4) is 5.75 Å². The Morgan fingerprint density at radius 1 is 0.891 bits per heavy atom. The first-order valence-electron chi connectivity index (χ1n) is 15.5. The Labute approximate surface area is 271 Å². The van der Waals surface area contributed by atoms with Crippen molar-refractivity contribution in [2.45, 2.75) is 39.4 Å². The van der Waals surface area contributed by atoms with Crippen molar-refractivity contribution >= 4 is 23.3 Å². The van der Waals surface area contributed by atoms with E-state index in [1.54, 1.807) is 4.90 Å². The van der Waals surface area contributed by atoms with Crippen LogP contribution in [0.2, 0.25) is 0 Å². The van der Waals surface area contributed by atoms with E-state index in [2.05, 4.69) is 19.8 Å². The van der Waals surface area contributed by atoms with Crippen LogP contribution in [-0.2, 0) is 11.3 Å². The van der Waals surface area contributed by atoms with E-state index in [1.807, 2.05) is 99.9 Å². The Kier molecular flexibility index (Phi) is 10.00. The van der Waals surface area contributed by atoms with Crippen LogP contribution in [0.5, 0.6) is 5.75 Å². The van der Waals surface area contributed by atoms with Crippen LogP contribution in [0, 0.1) is 0 Å². The number of carbonyl (C=O) groups is 1. The molecule has 2 aliphatic heterocycles. The summed E-state index contributed by atoms with van der Waals surface area (Å²) >= 11 is 0. The summed E-state index contributed by atoms with van der Waals surface area (Å²) in [5, 5.41) is 0. The molecule has 5 rings (SSSR count). The van der Waals surface area contributed by atoms with Gasteiger partial charge in [0.2, 0.25) is 5.95 Å². The standard InChI is InChI=1S/C35H44N8O3/c1-35(2,3)46-34(44)43-15-13-26(14-16-43)27-22-39-33(40-23-27)42-19-17-41(18-20-42)30(32(37)38)21-29(36)28-11-7-8-12-31(28)45-24-25-9-5-4-6-10-25/h4-13,21-23H,14-20,24,36-38H2,1-3H3/b29-21-. The summed E-state index contributed by atoms with van der Waals surface area (Å²) in [6, 6.07) is 17.7. The van der Waals surface area contributed by atoms with E-state index in [4.69, 9.17) is 26.7 Å². The second kappa shape index (κ2) is 14.3. The van der Waals surface area contributed by atoms with Crippen LogP contribution < -0.4 is 26.8 Å². The van der Waals surface area contributed by atoms with E-state index < -0.39 is 5.60 Å². The molecule has 242 valence electrons. The normalized spacial score (nSPS) is 15.7. The van der Waals surface area contributed by atoms with E-state index >= 15 is 0 Å². The van der Waals surface area contributed by atoms with Gasteiger partial charge in [0.25, 0.3) is 0 Å². The highest BCUT2D eigenvalue weighted by molar-refractivity contribution is 5.72. The minimum atomic E-state index is -0.514. The SMILES string of the molecule is CC(C)(C)OC(=O)N1CC=C(c2cnc(N3CCN(C(/C=C(\N)c4ccccc4OCc4ccccc4)=C(N)N)CC3)nc2)CC1. The Balaban J connectivity index is 1.19. The van der Waals surface area contributed by atoms with Crippen LogP contribution in [0.15, 0.2) is 90.7 Å². The number of piperazine rings is 1. The van der Waals surface area contributed by atoms with Crippen molar-refractivity contribution in [1.82, 2.24) is 19.8 Å². The Morgan fingerprint density at radius 2 is 1.57 bits per heavy atom. The number of para-hydroxylation sites is 1. The maximum Gasteiger partial charge on any atom is 0.410 e. The number of rotatable bonds is 8. The van der Waals surface area contributed by atoms with E-state index in [0.29, 0.717) is 69.0 Å². The van der Waals surface area contributed by atoms with Crippen LogP contribution in [0.1, 0.15) is 43.9 Å². The zero-order valence-corrected chi connectivity index (χ0v) is 26.9. The summed E-state index contributed by atoms with van der Waals surface area (Å²) in [4.78, 5) is 27.7. The number of allylic oxidation sites excluding steroid dienone is 1. The fourth-order valence-electron chi connectivity index (χ4n) is 5.37. The van der Waals surface area contributed by atoms with Crippen molar-refractivity contribution in [3.05, 3.63) is 107 Å². The molecule has 0 aliphatic carbocycles. The zero-order valence-electron chi connectivity index (χ0n) is 26.9. The third-order valence-electron chi connectivity index (χ3n) is 7.80. The molecule has 0 radical (unpaired) electrons. The summed E-state index contributed by atoms with van der Waals surface area (Å²) in [6.45, 7) is 9.85. The maximum atomic E-state index is 12.4. The predicted molar refractivity (Wildman–Crippen MR) is 181 cm³/mol. The number of nitrogens with two attached hydrogens (primary N) is 3. The first-order valence-corrected chi connectivity index (χ1v) is 15.5. The van der Waals surface area contributed by atoms with E-state index in [-0.39, 0.29) is 11.9 Å². The van der Waals surface area contributed by atoms with E-state index in [0.717, 1.165) is 28.7 Å². The molecule has 3 heterocycles. The average Bonchev–Trinajstić information content (AvgIpc) is 3.06. The molecule has 3 aromatic rings. The molecule has 1 aromatic heterocycles. The van der Waals surface area contributed by atoms with Gasteiger partial charge < -0.3 is 41.4 Å². The number of benzene rings is 2. The number of aromatic nitrogens is 2. The Hall–Kier alpha value is -5.19. The van der Waals surface area contributed by atoms with Gasteiger partial charge in [0, 0.05) is 68.5 Å². The highest BCUT2D eigenvalue weighted by atomic mass is 16.6. The van der Waals surface area contributed by atoms with Gasteiger partial charge in [-0.15, -0.1) is 0 Å². The molecule has 46 heavy (non-hydrogen) atoms. The molecule has 11 nitrogen and oxygen atoms in total. The van der Waals surface area contributed by atoms with Crippen molar-refractivity contribution in [2.24, 2.45) is 17.2 Å². The van der Waals surface area contributed by atoms with Gasteiger partial charge in [0.05, 0.1) is 5.70 Å². The predicted octanol–water partition coefficient (Wildman–Crippen LogP) is 4.29. The minimum absolute atomic E-state index is 0.200. The van der Waals surface area contributed by atoms with Gasteiger partial charge in [-0.25, -0.2) is 14.8 Å². The minimum Gasteiger partial charge on any atom is -0.488 e. The lowest BCUT2D eigenvalue weighted by Crippen LogP contribution is -2.47. The van der Waals surface area contributed by atoms with E-state index in [1.165, 1.54) is 0 Å². The third kappa shape index (κ3) is 8.29. The highest BCUT2D eigenvalue weighted by Gasteiger charge is 2.25. The number of hydrogen-bond acceptors (Lipinski definition) is 10. The van der Waals surface area contributed by atoms with Crippen LogP contribution in [0.3, 0.4) is 0 Å². The number of amides is 1. The fraction of sp³-hybridized carbons (Fsp3) is 0.343. The van der Waals surface area contributed by atoms with Gasteiger partial charge in [0.15, 0.2) is 0 Å². The molecule has 1 amide bonds. The molecule has 0 atom stereocenters. The molecule has 0 bridgehead atoms. The molecule has 1 saturated heterocycles. The second-order valence-electron chi connectivity index (χ2n) is 12.4. The number of ether oxygens (including phenoxy) is 2. The molecule has 2 aliphatic rings. The van der Waals surface area contributed by atoms with Crippen LogP contribution in [0.4, 0.5) is 10.7 Å². The summed E-state index contributed by atoms with van der Waals surface area (Å²) in [5.74, 6) is 1.55.